The van der Waals surface area contributed by atoms with Crippen LogP contribution in [0.15, 0.2) is 53.4 Å². The number of benzene rings is 2. The Morgan fingerprint density at radius 3 is 2.46 bits per heavy atom. The van der Waals surface area contributed by atoms with E-state index in [1.165, 1.54) is 0 Å². The van der Waals surface area contributed by atoms with Gasteiger partial charge in [-0.25, -0.2) is 4.79 Å². The molecule has 24 heavy (non-hydrogen) atoms. The third-order valence-corrected chi connectivity index (χ3v) is 4.47. The lowest BCUT2D eigenvalue weighted by Crippen LogP contribution is -2.14. The highest BCUT2D eigenvalue weighted by Gasteiger charge is 2.12. The second-order valence-electron chi connectivity index (χ2n) is 5.67. The molecule has 0 aliphatic carbocycles. The number of aryl methyl sites for hydroxylation is 1. The zero-order valence-electron chi connectivity index (χ0n) is 13.8. The van der Waals surface area contributed by atoms with Gasteiger partial charge in [-0.1, -0.05) is 44.2 Å². The standard InChI is InChI=1S/C19H21NO3S/c1-13(2)24-17-10-6-5-9-16(17)20-18(21)12-11-14-7-3-4-8-15(14)19(22)23/h3-10,13H,11-12H2,1-2H3,(H,20,21)(H,22,23). The Morgan fingerprint density at radius 2 is 1.75 bits per heavy atom. The minimum absolute atomic E-state index is 0.119. The Hall–Kier alpha value is -2.27. The van der Waals surface area contributed by atoms with E-state index in [2.05, 4.69) is 19.2 Å². The number of anilines is 1. The molecule has 4 nitrogen and oxygen atoms in total. The monoisotopic (exact) mass is 343 g/mol. The van der Waals surface area contributed by atoms with Gasteiger partial charge in [-0.15, -0.1) is 11.8 Å². The Labute approximate surface area is 146 Å². The van der Waals surface area contributed by atoms with Gasteiger partial charge < -0.3 is 10.4 Å². The van der Waals surface area contributed by atoms with E-state index in [9.17, 15) is 14.7 Å². The van der Waals surface area contributed by atoms with Crippen LogP contribution in [0.25, 0.3) is 0 Å². The van der Waals surface area contributed by atoms with Gasteiger partial charge in [0.05, 0.1) is 11.3 Å². The normalized spacial score (nSPS) is 10.6. The zero-order chi connectivity index (χ0) is 17.5. The number of rotatable bonds is 7. The van der Waals surface area contributed by atoms with Crippen LogP contribution in [-0.4, -0.2) is 22.2 Å². The van der Waals surface area contributed by atoms with E-state index in [4.69, 9.17) is 0 Å². The summed E-state index contributed by atoms with van der Waals surface area (Å²) >= 11 is 1.70. The van der Waals surface area contributed by atoms with Gasteiger partial charge in [-0.2, -0.15) is 0 Å². The van der Waals surface area contributed by atoms with Crippen LogP contribution in [0.2, 0.25) is 0 Å². The number of carboxylic acids is 1. The van der Waals surface area contributed by atoms with Crippen LogP contribution in [0.5, 0.6) is 0 Å². The van der Waals surface area contributed by atoms with E-state index in [0.717, 1.165) is 10.6 Å². The lowest BCUT2D eigenvalue weighted by atomic mass is 10.0. The lowest BCUT2D eigenvalue weighted by molar-refractivity contribution is -0.116. The number of para-hydroxylation sites is 1. The predicted octanol–water partition coefficient (Wildman–Crippen LogP) is 4.46. The average Bonchev–Trinajstić information content (AvgIpc) is 2.54. The fourth-order valence-electron chi connectivity index (χ4n) is 2.33. The number of carboxylic acid groups (broad SMARTS) is 1. The van der Waals surface area contributed by atoms with Crippen LogP contribution in [0.3, 0.4) is 0 Å². The maximum absolute atomic E-state index is 12.2. The molecule has 2 N–H and O–H groups in total. The molecule has 1 amide bonds. The van der Waals surface area contributed by atoms with E-state index < -0.39 is 5.97 Å². The fraction of sp³-hybridized carbons (Fsp3) is 0.263. The van der Waals surface area contributed by atoms with Gasteiger partial charge in [0.15, 0.2) is 0 Å². The summed E-state index contributed by atoms with van der Waals surface area (Å²) in [6.45, 7) is 4.21. The quantitative estimate of drug-likeness (QED) is 0.729. The van der Waals surface area contributed by atoms with Crippen molar-refractivity contribution in [1.82, 2.24) is 0 Å². The van der Waals surface area contributed by atoms with Crippen molar-refractivity contribution in [3.8, 4) is 0 Å². The van der Waals surface area contributed by atoms with Gasteiger partial charge >= 0.3 is 5.97 Å². The van der Waals surface area contributed by atoms with Gasteiger partial charge in [0, 0.05) is 16.6 Å². The Balaban J connectivity index is 2.01. The second kappa shape index (κ2) is 8.55. The van der Waals surface area contributed by atoms with Crippen molar-refractivity contribution < 1.29 is 14.7 Å². The van der Waals surface area contributed by atoms with E-state index in [0.29, 0.717) is 17.2 Å². The summed E-state index contributed by atoms with van der Waals surface area (Å²) in [7, 11) is 0. The topological polar surface area (TPSA) is 66.4 Å². The third kappa shape index (κ3) is 5.13. The molecule has 0 spiro atoms. The molecule has 5 heteroatoms. The number of carbonyl (C=O) groups excluding carboxylic acids is 1. The lowest BCUT2D eigenvalue weighted by Gasteiger charge is -2.12. The first-order chi connectivity index (χ1) is 11.5. The number of amides is 1. The molecule has 2 aromatic carbocycles. The molecule has 126 valence electrons. The highest BCUT2D eigenvalue weighted by Crippen LogP contribution is 2.30. The van der Waals surface area contributed by atoms with E-state index >= 15 is 0 Å². The highest BCUT2D eigenvalue weighted by atomic mass is 32.2. The molecule has 0 radical (unpaired) electrons. The summed E-state index contributed by atoms with van der Waals surface area (Å²) < 4.78 is 0. The van der Waals surface area contributed by atoms with Crippen LogP contribution in [0.1, 0.15) is 36.2 Å². The van der Waals surface area contributed by atoms with Crippen molar-refractivity contribution in [1.29, 1.82) is 0 Å². The fourth-order valence-corrected chi connectivity index (χ4v) is 3.25. The predicted molar refractivity (Wildman–Crippen MR) is 97.8 cm³/mol. The highest BCUT2D eigenvalue weighted by molar-refractivity contribution is 8.00. The van der Waals surface area contributed by atoms with Crippen LogP contribution >= 0.6 is 11.8 Å². The van der Waals surface area contributed by atoms with Gasteiger partial charge in [-0.05, 0) is 30.2 Å². The van der Waals surface area contributed by atoms with Crippen molar-refractivity contribution >= 4 is 29.3 Å². The Kier molecular flexibility index (Phi) is 6.44. The molecular weight excluding hydrogens is 322 g/mol. The molecule has 0 aliphatic heterocycles. The van der Waals surface area contributed by atoms with Crippen molar-refractivity contribution in [2.24, 2.45) is 0 Å². The minimum Gasteiger partial charge on any atom is -0.478 e. The van der Waals surface area contributed by atoms with Gasteiger partial charge in [0.25, 0.3) is 0 Å². The zero-order valence-corrected chi connectivity index (χ0v) is 14.6. The van der Waals surface area contributed by atoms with Crippen LogP contribution in [0.4, 0.5) is 5.69 Å². The largest absolute Gasteiger partial charge is 0.478 e. The molecule has 0 aliphatic rings. The molecule has 2 aromatic rings. The average molecular weight is 343 g/mol. The first-order valence-corrected chi connectivity index (χ1v) is 8.72. The Bertz CT molecular complexity index is 728. The van der Waals surface area contributed by atoms with Gasteiger partial charge in [-0.3, -0.25) is 4.79 Å². The second-order valence-corrected chi connectivity index (χ2v) is 7.29. The van der Waals surface area contributed by atoms with Crippen molar-refractivity contribution in [2.75, 3.05) is 5.32 Å². The van der Waals surface area contributed by atoms with Crippen molar-refractivity contribution in [3.05, 3.63) is 59.7 Å². The smallest absolute Gasteiger partial charge is 0.335 e. The molecule has 0 atom stereocenters. The van der Waals surface area contributed by atoms with Crippen molar-refractivity contribution in [3.63, 3.8) is 0 Å². The molecule has 0 unspecified atom stereocenters. The molecular formula is C19H21NO3S. The van der Waals surface area contributed by atoms with E-state index in [-0.39, 0.29) is 17.9 Å². The van der Waals surface area contributed by atoms with Crippen molar-refractivity contribution in [2.45, 2.75) is 36.8 Å². The summed E-state index contributed by atoms with van der Waals surface area (Å²) in [5.41, 5.74) is 1.72. The number of carbonyl (C=O) groups is 2. The molecule has 0 bridgehead atoms. The third-order valence-electron chi connectivity index (χ3n) is 3.39. The molecule has 0 heterocycles. The number of hydrogen-bond acceptors (Lipinski definition) is 3. The number of aromatic carboxylic acids is 1. The molecule has 0 saturated carbocycles. The summed E-state index contributed by atoms with van der Waals surface area (Å²) in [5, 5.41) is 12.5. The molecule has 0 saturated heterocycles. The minimum atomic E-state index is -0.968. The molecule has 2 rings (SSSR count). The maximum atomic E-state index is 12.2. The first kappa shape index (κ1) is 18.1. The van der Waals surface area contributed by atoms with E-state index in [1.807, 2.05) is 24.3 Å². The SMILES string of the molecule is CC(C)Sc1ccccc1NC(=O)CCc1ccccc1C(=O)O. The molecule has 0 aromatic heterocycles. The Morgan fingerprint density at radius 1 is 1.08 bits per heavy atom. The maximum Gasteiger partial charge on any atom is 0.335 e. The van der Waals surface area contributed by atoms with Crippen LogP contribution in [0, 0.1) is 0 Å². The van der Waals surface area contributed by atoms with Gasteiger partial charge in [0.1, 0.15) is 0 Å². The van der Waals surface area contributed by atoms with Gasteiger partial charge in [0.2, 0.25) is 5.91 Å². The summed E-state index contributed by atoms with van der Waals surface area (Å²) in [4.78, 5) is 24.5. The van der Waals surface area contributed by atoms with Crippen LogP contribution < -0.4 is 5.32 Å². The number of nitrogens with one attached hydrogen (secondary N) is 1. The number of thioether (sulfide) groups is 1. The van der Waals surface area contributed by atoms with E-state index in [1.54, 1.807) is 36.0 Å². The van der Waals surface area contributed by atoms with Crippen LogP contribution in [-0.2, 0) is 11.2 Å². The first-order valence-electron chi connectivity index (χ1n) is 7.84. The summed E-state index contributed by atoms with van der Waals surface area (Å²) in [6.07, 6.45) is 0.638. The summed E-state index contributed by atoms with van der Waals surface area (Å²) in [6, 6.07) is 14.5. The number of hydrogen-bond donors (Lipinski definition) is 2. The molecule has 0 fully saturated rings. The summed E-state index contributed by atoms with van der Waals surface area (Å²) in [5.74, 6) is -1.09.